The lowest BCUT2D eigenvalue weighted by Crippen LogP contribution is -2.26. The molecular weight excluding hydrogens is 267 g/mol. The van der Waals surface area contributed by atoms with Gasteiger partial charge in [0.2, 0.25) is 0 Å². The van der Waals surface area contributed by atoms with E-state index >= 15 is 0 Å². The Kier molecular flexibility index (Phi) is 4.40. The van der Waals surface area contributed by atoms with Crippen molar-refractivity contribution in [1.82, 2.24) is 5.32 Å². The third kappa shape index (κ3) is 3.38. The highest BCUT2D eigenvalue weighted by Gasteiger charge is 2.10. The zero-order valence-corrected chi connectivity index (χ0v) is 10.5. The second-order valence-electron chi connectivity index (χ2n) is 4.23. The molecule has 0 spiro atoms. The lowest BCUT2D eigenvalue weighted by molar-refractivity contribution is 0.0950. The van der Waals surface area contributed by atoms with E-state index in [0.717, 1.165) is 12.1 Å². The Morgan fingerprint density at radius 1 is 0.950 bits per heavy atom. The van der Waals surface area contributed by atoms with Gasteiger partial charge in [-0.2, -0.15) is 0 Å². The number of hydrogen-bond acceptors (Lipinski definition) is 1. The van der Waals surface area contributed by atoms with Crippen LogP contribution in [0.25, 0.3) is 0 Å². The summed E-state index contributed by atoms with van der Waals surface area (Å²) in [6.07, 6.45) is 0.331. The number of hydrogen-bond donors (Lipinski definition) is 1. The van der Waals surface area contributed by atoms with Crippen LogP contribution in [0.1, 0.15) is 15.9 Å². The van der Waals surface area contributed by atoms with Gasteiger partial charge in [-0.25, -0.2) is 13.2 Å². The quantitative estimate of drug-likeness (QED) is 0.915. The summed E-state index contributed by atoms with van der Waals surface area (Å²) in [5, 5.41) is 2.53. The molecule has 2 rings (SSSR count). The van der Waals surface area contributed by atoms with Crippen LogP contribution in [0.4, 0.5) is 13.2 Å². The van der Waals surface area contributed by atoms with Crippen LogP contribution in [0.3, 0.4) is 0 Å². The first-order chi connectivity index (χ1) is 9.58. The standard InChI is InChI=1S/C15H12F3NO/c16-12-4-2-1-3-11(12)15(20)19-8-7-10-5-6-13(17)14(18)9-10/h1-6,9H,7-8H2,(H,19,20). The monoisotopic (exact) mass is 279 g/mol. The Hall–Kier alpha value is -2.30. The average molecular weight is 279 g/mol. The third-order valence-electron chi connectivity index (χ3n) is 2.80. The van der Waals surface area contributed by atoms with Gasteiger partial charge >= 0.3 is 0 Å². The number of benzene rings is 2. The first-order valence-corrected chi connectivity index (χ1v) is 6.04. The van der Waals surface area contributed by atoms with Crippen LogP contribution < -0.4 is 5.32 Å². The minimum absolute atomic E-state index is 0.0437. The molecule has 1 N–H and O–H groups in total. The Morgan fingerprint density at radius 3 is 2.40 bits per heavy atom. The summed E-state index contributed by atoms with van der Waals surface area (Å²) < 4.78 is 39.0. The molecule has 0 radical (unpaired) electrons. The van der Waals surface area contributed by atoms with E-state index in [-0.39, 0.29) is 12.1 Å². The molecular formula is C15H12F3NO. The van der Waals surface area contributed by atoms with Crippen molar-refractivity contribution in [2.45, 2.75) is 6.42 Å². The number of halogens is 3. The van der Waals surface area contributed by atoms with E-state index in [1.165, 1.54) is 24.3 Å². The molecule has 0 aromatic heterocycles. The van der Waals surface area contributed by atoms with Crippen molar-refractivity contribution < 1.29 is 18.0 Å². The van der Waals surface area contributed by atoms with Crippen LogP contribution in [0.2, 0.25) is 0 Å². The lowest BCUT2D eigenvalue weighted by atomic mass is 10.1. The van der Waals surface area contributed by atoms with Gasteiger partial charge in [-0.1, -0.05) is 18.2 Å². The molecule has 2 nitrogen and oxygen atoms in total. The zero-order chi connectivity index (χ0) is 14.5. The molecule has 2 aromatic carbocycles. The highest BCUT2D eigenvalue weighted by molar-refractivity contribution is 5.94. The van der Waals surface area contributed by atoms with E-state index in [9.17, 15) is 18.0 Å². The van der Waals surface area contributed by atoms with Crippen LogP contribution >= 0.6 is 0 Å². The molecule has 1 amide bonds. The third-order valence-corrected chi connectivity index (χ3v) is 2.80. The minimum atomic E-state index is -0.928. The normalized spacial score (nSPS) is 10.3. The molecule has 2 aromatic rings. The smallest absolute Gasteiger partial charge is 0.254 e. The predicted octanol–water partition coefficient (Wildman–Crippen LogP) is 3.08. The van der Waals surface area contributed by atoms with Crippen LogP contribution in [-0.4, -0.2) is 12.5 Å². The van der Waals surface area contributed by atoms with Crippen LogP contribution in [0.5, 0.6) is 0 Å². The highest BCUT2D eigenvalue weighted by Crippen LogP contribution is 2.09. The fourth-order valence-electron chi connectivity index (χ4n) is 1.76. The Morgan fingerprint density at radius 2 is 1.70 bits per heavy atom. The number of amides is 1. The lowest BCUT2D eigenvalue weighted by Gasteiger charge is -2.06. The summed E-state index contributed by atoms with van der Waals surface area (Å²) in [6, 6.07) is 9.18. The Bertz CT molecular complexity index is 628. The molecule has 104 valence electrons. The van der Waals surface area contributed by atoms with Crippen LogP contribution in [-0.2, 0) is 6.42 Å². The van der Waals surface area contributed by atoms with Crippen molar-refractivity contribution in [1.29, 1.82) is 0 Å². The van der Waals surface area contributed by atoms with Gasteiger partial charge in [0.1, 0.15) is 5.82 Å². The fourth-order valence-corrected chi connectivity index (χ4v) is 1.76. The molecule has 0 saturated carbocycles. The van der Waals surface area contributed by atoms with Crippen molar-refractivity contribution in [2.24, 2.45) is 0 Å². The SMILES string of the molecule is O=C(NCCc1ccc(F)c(F)c1)c1ccccc1F. The molecule has 0 fully saturated rings. The van der Waals surface area contributed by atoms with Crippen molar-refractivity contribution in [2.75, 3.05) is 6.54 Å². The van der Waals surface area contributed by atoms with Crippen molar-refractivity contribution in [3.63, 3.8) is 0 Å². The molecule has 5 heteroatoms. The van der Waals surface area contributed by atoms with E-state index in [0.29, 0.717) is 12.0 Å². The molecule has 0 aliphatic heterocycles. The second-order valence-corrected chi connectivity index (χ2v) is 4.23. The van der Waals surface area contributed by atoms with E-state index in [1.54, 1.807) is 6.07 Å². The molecule has 0 unspecified atom stereocenters. The van der Waals surface area contributed by atoms with E-state index in [2.05, 4.69) is 5.32 Å². The van der Waals surface area contributed by atoms with E-state index in [4.69, 9.17) is 0 Å². The number of rotatable bonds is 4. The second kappa shape index (κ2) is 6.23. The van der Waals surface area contributed by atoms with Gasteiger partial charge in [0.15, 0.2) is 11.6 Å². The Labute approximate surface area is 114 Å². The van der Waals surface area contributed by atoms with Gasteiger partial charge in [0, 0.05) is 6.54 Å². The summed E-state index contributed by atoms with van der Waals surface area (Å²) in [7, 11) is 0. The number of carbonyl (C=O) groups is 1. The van der Waals surface area contributed by atoms with Gasteiger partial charge < -0.3 is 5.32 Å². The predicted molar refractivity (Wildman–Crippen MR) is 68.8 cm³/mol. The molecule has 0 aliphatic carbocycles. The van der Waals surface area contributed by atoms with Gasteiger partial charge in [0.05, 0.1) is 5.56 Å². The van der Waals surface area contributed by atoms with Crippen molar-refractivity contribution >= 4 is 5.91 Å². The molecule has 0 aliphatic rings. The fraction of sp³-hybridized carbons (Fsp3) is 0.133. The van der Waals surface area contributed by atoms with Gasteiger partial charge in [0.25, 0.3) is 5.91 Å². The zero-order valence-electron chi connectivity index (χ0n) is 10.5. The first-order valence-electron chi connectivity index (χ1n) is 6.04. The summed E-state index contributed by atoms with van der Waals surface area (Å²) in [5.74, 6) is -2.98. The maximum atomic E-state index is 13.3. The van der Waals surface area contributed by atoms with Gasteiger partial charge in [-0.05, 0) is 36.2 Å². The minimum Gasteiger partial charge on any atom is -0.352 e. The largest absolute Gasteiger partial charge is 0.352 e. The molecule has 0 atom stereocenters. The highest BCUT2D eigenvalue weighted by atomic mass is 19.2. The first kappa shape index (κ1) is 14.1. The Balaban J connectivity index is 1.91. The van der Waals surface area contributed by atoms with Crippen molar-refractivity contribution in [3.05, 3.63) is 71.0 Å². The van der Waals surface area contributed by atoms with Gasteiger partial charge in [-0.15, -0.1) is 0 Å². The molecule has 20 heavy (non-hydrogen) atoms. The summed E-state index contributed by atoms with van der Waals surface area (Å²) in [4.78, 5) is 11.7. The maximum absolute atomic E-state index is 13.3. The van der Waals surface area contributed by atoms with E-state index in [1.807, 2.05) is 0 Å². The number of nitrogens with one attached hydrogen (secondary N) is 1. The summed E-state index contributed by atoms with van der Waals surface area (Å²) >= 11 is 0. The number of carbonyl (C=O) groups excluding carboxylic acids is 1. The molecule has 0 bridgehead atoms. The van der Waals surface area contributed by atoms with E-state index < -0.39 is 23.4 Å². The summed E-state index contributed by atoms with van der Waals surface area (Å²) in [6.45, 7) is 0.207. The molecule has 0 saturated heterocycles. The van der Waals surface area contributed by atoms with Gasteiger partial charge in [-0.3, -0.25) is 4.79 Å². The van der Waals surface area contributed by atoms with Crippen LogP contribution in [0.15, 0.2) is 42.5 Å². The average Bonchev–Trinajstić information content (AvgIpc) is 2.43. The topological polar surface area (TPSA) is 29.1 Å². The van der Waals surface area contributed by atoms with Crippen LogP contribution in [0, 0.1) is 17.5 Å². The molecule has 0 heterocycles. The summed E-state index contributed by atoms with van der Waals surface area (Å²) in [5.41, 5.74) is 0.510. The van der Waals surface area contributed by atoms with Crippen molar-refractivity contribution in [3.8, 4) is 0 Å². The maximum Gasteiger partial charge on any atom is 0.254 e.